The summed E-state index contributed by atoms with van der Waals surface area (Å²) in [4.78, 5) is 0. The molecular weight excluding hydrogens is 179 g/mol. The Hall–Kier alpha value is 1.49. The fraction of sp³-hybridized carbons (Fsp3) is 0.833. The Morgan fingerprint density at radius 1 is 1.18 bits per heavy atom. The van der Waals surface area contributed by atoms with Crippen molar-refractivity contribution in [3.05, 3.63) is 6.92 Å². The van der Waals surface area contributed by atoms with Crippen LogP contribution in [0.1, 0.15) is 27.2 Å². The van der Waals surface area contributed by atoms with Crippen molar-refractivity contribution in [2.24, 2.45) is 5.41 Å². The van der Waals surface area contributed by atoms with Gasteiger partial charge in [-0.15, -0.1) is 0 Å². The average Bonchev–Trinajstić information content (AvgIpc) is 1.63. The van der Waals surface area contributed by atoms with Crippen molar-refractivity contribution in [2.75, 3.05) is 0 Å². The quantitative estimate of drug-likeness (QED) is 0.378. The second-order valence-electron chi connectivity index (χ2n) is 3.06. The molecule has 0 aliphatic heterocycles. The SMILES string of the molecule is FB(F)F.[CH2-]CC(C)(C)C.[K+]. The largest absolute Gasteiger partial charge is 1.00 e. The zero-order chi connectivity index (χ0) is 8.78. The molecule has 0 bridgehead atoms. The van der Waals surface area contributed by atoms with Gasteiger partial charge in [0.1, 0.15) is 0 Å². The number of halogens is 3. The van der Waals surface area contributed by atoms with Crippen LogP contribution < -0.4 is 51.4 Å². The molecule has 62 valence electrons. The Labute approximate surface area is 110 Å². The van der Waals surface area contributed by atoms with Crippen LogP contribution in [-0.2, 0) is 0 Å². The van der Waals surface area contributed by atoms with Gasteiger partial charge in [0.2, 0.25) is 0 Å². The summed E-state index contributed by atoms with van der Waals surface area (Å²) in [6.07, 6.45) is 1.02. The predicted octanol–water partition coefficient (Wildman–Crippen LogP) is 0.140. The van der Waals surface area contributed by atoms with Crippen LogP contribution in [0.3, 0.4) is 0 Å². The van der Waals surface area contributed by atoms with Crippen molar-refractivity contribution in [3.8, 4) is 0 Å². The van der Waals surface area contributed by atoms with Crippen LogP contribution >= 0.6 is 0 Å². The molecule has 0 fully saturated rings. The Bertz CT molecular complexity index is 70.0. The van der Waals surface area contributed by atoms with Crippen molar-refractivity contribution >= 4 is 7.54 Å². The van der Waals surface area contributed by atoms with Gasteiger partial charge in [-0.05, 0) is 0 Å². The first kappa shape index (κ1) is 18.3. The minimum absolute atomic E-state index is 0. The topological polar surface area (TPSA) is 0 Å². The first-order chi connectivity index (χ1) is 4.29. The van der Waals surface area contributed by atoms with E-state index in [2.05, 4.69) is 27.7 Å². The summed E-state index contributed by atoms with van der Waals surface area (Å²) in [6, 6.07) is 0. The molecule has 0 rings (SSSR count). The van der Waals surface area contributed by atoms with Gasteiger partial charge in [-0.25, -0.2) is 0 Å². The fourth-order valence-electron chi connectivity index (χ4n) is 0. The van der Waals surface area contributed by atoms with E-state index in [0.717, 1.165) is 6.42 Å². The molecule has 0 spiro atoms. The fourth-order valence-corrected chi connectivity index (χ4v) is 0. The van der Waals surface area contributed by atoms with Crippen molar-refractivity contribution in [2.45, 2.75) is 27.2 Å². The van der Waals surface area contributed by atoms with Crippen LogP contribution in [0, 0.1) is 12.3 Å². The van der Waals surface area contributed by atoms with Gasteiger partial charge in [-0.3, -0.25) is 12.9 Å². The molecule has 0 aliphatic rings. The van der Waals surface area contributed by atoms with Crippen LogP contribution in [0.5, 0.6) is 0 Å². The van der Waals surface area contributed by atoms with Crippen molar-refractivity contribution in [1.29, 1.82) is 0 Å². The van der Waals surface area contributed by atoms with Gasteiger partial charge in [0.05, 0.1) is 0 Å². The Morgan fingerprint density at radius 3 is 1.27 bits per heavy atom. The van der Waals surface area contributed by atoms with Crippen LogP contribution in [0.4, 0.5) is 12.9 Å². The summed E-state index contributed by atoms with van der Waals surface area (Å²) in [6.45, 7) is 10.3. The van der Waals surface area contributed by atoms with Crippen LogP contribution in [0.25, 0.3) is 0 Å². The standard InChI is InChI=1S/C6H13.BF3.K/c1-5-6(2,3)4;2-1(3)4;/h1,5H2,2-4H3;;/q-1;;+1. The summed E-state index contributed by atoms with van der Waals surface area (Å²) >= 11 is 0. The summed E-state index contributed by atoms with van der Waals surface area (Å²) in [5.41, 5.74) is 0.431. The molecule has 0 saturated carbocycles. The molecule has 0 radical (unpaired) electrons. The van der Waals surface area contributed by atoms with E-state index in [1.54, 1.807) is 0 Å². The van der Waals surface area contributed by atoms with Gasteiger partial charge in [0, 0.05) is 0 Å². The molecule has 0 nitrogen and oxygen atoms in total. The van der Waals surface area contributed by atoms with E-state index >= 15 is 0 Å². The van der Waals surface area contributed by atoms with E-state index in [-0.39, 0.29) is 51.4 Å². The van der Waals surface area contributed by atoms with E-state index in [9.17, 15) is 12.9 Å². The molecular formula is C6H13BF3K. The molecule has 0 aromatic rings. The third-order valence-corrected chi connectivity index (χ3v) is 0.750. The Kier molecular flexibility index (Phi) is 15.9. The van der Waals surface area contributed by atoms with Gasteiger partial charge < -0.3 is 6.92 Å². The van der Waals surface area contributed by atoms with Crippen molar-refractivity contribution in [3.63, 3.8) is 0 Å². The number of rotatable bonds is 0. The molecule has 0 saturated heterocycles. The minimum atomic E-state index is -3.67. The molecule has 0 aliphatic carbocycles. The van der Waals surface area contributed by atoms with E-state index in [4.69, 9.17) is 0 Å². The van der Waals surface area contributed by atoms with Gasteiger partial charge in [0.25, 0.3) is 0 Å². The van der Waals surface area contributed by atoms with Gasteiger partial charge >= 0.3 is 58.9 Å². The van der Waals surface area contributed by atoms with E-state index in [1.165, 1.54) is 0 Å². The molecule has 0 heterocycles. The molecule has 0 aromatic carbocycles. The number of hydrogen-bond acceptors (Lipinski definition) is 0. The zero-order valence-electron chi connectivity index (χ0n) is 7.63. The van der Waals surface area contributed by atoms with Crippen molar-refractivity contribution in [1.82, 2.24) is 0 Å². The van der Waals surface area contributed by atoms with Gasteiger partial charge in [-0.1, -0.05) is 26.2 Å². The predicted molar refractivity (Wildman–Crippen MR) is 38.5 cm³/mol. The molecule has 5 heteroatoms. The molecule has 11 heavy (non-hydrogen) atoms. The molecule has 0 aromatic heterocycles. The monoisotopic (exact) mass is 192 g/mol. The molecule has 0 N–H and O–H groups in total. The molecule has 0 amide bonds. The van der Waals surface area contributed by atoms with E-state index in [0.29, 0.717) is 5.41 Å². The maximum absolute atomic E-state index is 9.67. The Morgan fingerprint density at radius 2 is 1.27 bits per heavy atom. The van der Waals surface area contributed by atoms with Crippen LogP contribution in [0.2, 0.25) is 0 Å². The summed E-state index contributed by atoms with van der Waals surface area (Å²) in [5, 5.41) is 0. The third kappa shape index (κ3) is 51.3. The van der Waals surface area contributed by atoms with E-state index in [1.807, 2.05) is 0 Å². The van der Waals surface area contributed by atoms with Crippen LogP contribution in [0.15, 0.2) is 0 Å². The molecule has 0 unspecified atom stereocenters. The summed E-state index contributed by atoms with van der Waals surface area (Å²) in [5.74, 6) is 0. The van der Waals surface area contributed by atoms with Gasteiger partial charge in [-0.2, -0.15) is 6.42 Å². The second kappa shape index (κ2) is 9.58. The second-order valence-corrected chi connectivity index (χ2v) is 3.06. The summed E-state index contributed by atoms with van der Waals surface area (Å²) < 4.78 is 29.0. The number of hydrogen-bond donors (Lipinski definition) is 0. The van der Waals surface area contributed by atoms with Crippen LogP contribution in [-0.4, -0.2) is 7.54 Å². The summed E-state index contributed by atoms with van der Waals surface area (Å²) in [7, 11) is -3.67. The Balaban J connectivity index is -0.000000114. The third-order valence-electron chi connectivity index (χ3n) is 0.750. The van der Waals surface area contributed by atoms with Gasteiger partial charge in [0.15, 0.2) is 0 Å². The smallest absolute Gasteiger partial charge is 0.343 e. The minimum Gasteiger partial charge on any atom is -0.343 e. The maximum Gasteiger partial charge on any atom is 1.00 e. The maximum atomic E-state index is 9.67. The average molecular weight is 192 g/mol. The van der Waals surface area contributed by atoms with Crippen molar-refractivity contribution < 1.29 is 64.3 Å². The molecule has 0 atom stereocenters. The first-order valence-electron chi connectivity index (χ1n) is 3.01. The first-order valence-corrected chi connectivity index (χ1v) is 3.01. The normalized spacial score (nSPS) is 9.00. The van der Waals surface area contributed by atoms with E-state index < -0.39 is 7.54 Å². The zero-order valence-corrected chi connectivity index (χ0v) is 10.7.